The molecule has 3 nitrogen and oxygen atoms in total. The van der Waals surface area contributed by atoms with E-state index in [4.69, 9.17) is 9.27 Å². The molecule has 0 aliphatic heterocycles. The predicted molar refractivity (Wildman–Crippen MR) is 164 cm³/mol. The summed E-state index contributed by atoms with van der Waals surface area (Å²) < 4.78 is 16.1. The van der Waals surface area contributed by atoms with Gasteiger partial charge in [-0.25, -0.2) is 4.74 Å². The van der Waals surface area contributed by atoms with Crippen LogP contribution >= 0.6 is 23.2 Å². The van der Waals surface area contributed by atoms with E-state index in [-0.39, 0.29) is 5.16 Å². The van der Waals surface area contributed by atoms with Crippen LogP contribution in [0.2, 0.25) is 0 Å². The molecule has 0 aliphatic rings. The molecule has 0 fully saturated rings. The quantitative estimate of drug-likeness (QED) is 0.192. The highest BCUT2D eigenvalue weighted by Gasteiger charge is 2.39. The van der Waals surface area contributed by atoms with Crippen LogP contribution in [0.5, 0.6) is 5.75 Å². The second kappa shape index (κ2) is 9.82. The van der Waals surface area contributed by atoms with Crippen molar-refractivity contribution in [3.8, 4) is 5.75 Å². The number of fused-ring (bicyclic) bond motifs is 3. The molecule has 0 saturated heterocycles. The Balaban J connectivity index is 1.86. The lowest BCUT2D eigenvalue weighted by atomic mass is 10.1. The van der Waals surface area contributed by atoms with E-state index >= 15 is 0 Å². The van der Waals surface area contributed by atoms with E-state index in [9.17, 15) is 0 Å². The maximum atomic E-state index is 7.11. The molecule has 4 aromatic carbocycles. The summed E-state index contributed by atoms with van der Waals surface area (Å²) in [5.74, 6) is 0.830. The van der Waals surface area contributed by atoms with Gasteiger partial charge >= 0.3 is 0 Å². The highest BCUT2D eigenvalue weighted by Crippen LogP contribution is 2.62. The zero-order valence-corrected chi connectivity index (χ0v) is 24.9. The molecular formula is C32H34BrN2OP. The standard InChI is InChI=1S/C32H34BrN2OP/c1-7-35-30-11-9-8-10-27(30)28-21-26(17-19-31(28)35)37(32(4,5)6,36-25-15-13-24(33)14-16-25)34-29-18-12-22(2)20-23(29)3/h8-21H,7H2,1-6H3. The number of benzene rings is 4. The van der Waals surface area contributed by atoms with E-state index in [0.29, 0.717) is 0 Å². The molecule has 1 aromatic heterocycles. The number of aromatic nitrogens is 1. The van der Waals surface area contributed by atoms with Crippen LogP contribution in [0, 0.1) is 13.8 Å². The van der Waals surface area contributed by atoms with Gasteiger partial charge in [-0.1, -0.05) is 72.6 Å². The number of para-hydroxylation sites is 1. The van der Waals surface area contributed by atoms with Crippen molar-refractivity contribution in [1.29, 1.82) is 0 Å². The molecule has 0 bridgehead atoms. The highest BCUT2D eigenvalue weighted by atomic mass is 79.9. The Hall–Kier alpha value is -2.81. The molecule has 0 spiro atoms. The third-order valence-electron chi connectivity index (χ3n) is 6.98. The second-order valence-corrected chi connectivity index (χ2v) is 15.0. The zero-order chi connectivity index (χ0) is 26.4. The Bertz CT molecular complexity index is 1660. The average molecular weight is 574 g/mol. The Morgan fingerprint density at radius 1 is 0.838 bits per heavy atom. The summed E-state index contributed by atoms with van der Waals surface area (Å²) in [5, 5.41) is 3.41. The topological polar surface area (TPSA) is 26.5 Å². The summed E-state index contributed by atoms with van der Waals surface area (Å²) >= 11 is 3.57. The van der Waals surface area contributed by atoms with Gasteiger partial charge in [0.2, 0.25) is 0 Å². The molecular weight excluding hydrogens is 539 g/mol. The van der Waals surface area contributed by atoms with Crippen molar-refractivity contribution in [1.82, 2.24) is 4.57 Å². The van der Waals surface area contributed by atoms with E-state index in [1.807, 2.05) is 24.3 Å². The van der Waals surface area contributed by atoms with Crippen molar-refractivity contribution < 1.29 is 4.52 Å². The molecule has 5 aromatic rings. The van der Waals surface area contributed by atoms with Crippen LogP contribution in [-0.4, -0.2) is 9.72 Å². The molecule has 0 amide bonds. The minimum absolute atomic E-state index is 0.256. The normalized spacial score (nSPS) is 13.6. The summed E-state index contributed by atoms with van der Waals surface area (Å²) in [6, 6.07) is 30.1. The van der Waals surface area contributed by atoms with Crippen LogP contribution < -0.4 is 9.83 Å². The Morgan fingerprint density at radius 3 is 2.22 bits per heavy atom. The smallest absolute Gasteiger partial charge is 0.173 e. The summed E-state index contributed by atoms with van der Waals surface area (Å²) in [5.41, 5.74) is 5.89. The van der Waals surface area contributed by atoms with Gasteiger partial charge in [-0.05, 0) is 80.9 Å². The fourth-order valence-corrected chi connectivity index (χ4v) is 8.50. The van der Waals surface area contributed by atoms with Crippen molar-refractivity contribution in [2.75, 3.05) is 0 Å². The van der Waals surface area contributed by atoms with Crippen LogP contribution in [0.4, 0.5) is 5.69 Å². The van der Waals surface area contributed by atoms with E-state index < -0.39 is 7.28 Å². The molecule has 0 saturated carbocycles. The fraction of sp³-hybridized carbons (Fsp3) is 0.250. The van der Waals surface area contributed by atoms with E-state index in [1.165, 1.54) is 27.4 Å². The van der Waals surface area contributed by atoms with Gasteiger partial charge in [0.1, 0.15) is 5.75 Å². The number of halogens is 1. The second-order valence-electron chi connectivity index (χ2n) is 10.6. The SMILES string of the molecule is CCn1c2ccccc2c2cc(P(=Nc3ccc(C)cc3C)(Oc3ccc(Br)cc3)C(C)(C)C)ccc21. The molecule has 1 atom stereocenters. The molecule has 5 heteroatoms. The number of hydrogen-bond acceptors (Lipinski definition) is 2. The Morgan fingerprint density at radius 2 is 1.54 bits per heavy atom. The van der Waals surface area contributed by atoms with Crippen LogP contribution in [0.15, 0.2) is 94.1 Å². The third-order valence-corrected chi connectivity index (χ3v) is 11.3. The average Bonchev–Trinajstić information content (AvgIpc) is 3.18. The van der Waals surface area contributed by atoms with Crippen LogP contribution in [0.25, 0.3) is 21.8 Å². The summed E-state index contributed by atoms with van der Waals surface area (Å²) in [6.07, 6.45) is 0. The van der Waals surface area contributed by atoms with Crippen molar-refractivity contribution in [3.05, 3.63) is 101 Å². The first-order valence-electron chi connectivity index (χ1n) is 12.8. The van der Waals surface area contributed by atoms with E-state index in [0.717, 1.165) is 33.3 Å². The van der Waals surface area contributed by atoms with Gasteiger partial charge < -0.3 is 9.09 Å². The van der Waals surface area contributed by atoms with E-state index in [1.54, 1.807) is 0 Å². The molecule has 0 radical (unpaired) electrons. The van der Waals surface area contributed by atoms with Crippen LogP contribution in [-0.2, 0) is 6.54 Å². The van der Waals surface area contributed by atoms with Gasteiger partial charge in [0.05, 0.1) is 5.69 Å². The summed E-state index contributed by atoms with van der Waals surface area (Å²) in [4.78, 5) is 0. The predicted octanol–water partition coefficient (Wildman–Crippen LogP) is 10.1. The number of rotatable bonds is 5. The maximum absolute atomic E-state index is 7.11. The molecule has 5 rings (SSSR count). The first-order valence-corrected chi connectivity index (χ1v) is 15.2. The van der Waals surface area contributed by atoms with Gasteiger partial charge in [-0.15, -0.1) is 0 Å². The lowest BCUT2D eigenvalue weighted by molar-refractivity contribution is 0.571. The molecule has 1 unspecified atom stereocenters. The van der Waals surface area contributed by atoms with Gasteiger partial charge in [0, 0.05) is 43.3 Å². The van der Waals surface area contributed by atoms with Crippen LogP contribution in [0.3, 0.4) is 0 Å². The fourth-order valence-electron chi connectivity index (χ4n) is 5.09. The first kappa shape index (κ1) is 25.8. The van der Waals surface area contributed by atoms with Gasteiger partial charge in [-0.2, -0.15) is 0 Å². The van der Waals surface area contributed by atoms with Gasteiger partial charge in [0.15, 0.2) is 7.28 Å². The Labute approximate surface area is 228 Å². The molecule has 0 aliphatic carbocycles. The van der Waals surface area contributed by atoms with Crippen LogP contribution in [0.1, 0.15) is 38.8 Å². The summed E-state index contributed by atoms with van der Waals surface area (Å²) in [7, 11) is -2.61. The lowest BCUT2D eigenvalue weighted by Gasteiger charge is -2.37. The summed E-state index contributed by atoms with van der Waals surface area (Å²) in [6.45, 7) is 14.2. The van der Waals surface area contributed by atoms with Crippen molar-refractivity contribution in [2.24, 2.45) is 4.74 Å². The third kappa shape index (κ3) is 4.67. The number of hydrogen-bond donors (Lipinski definition) is 0. The number of nitrogens with zero attached hydrogens (tertiary/aromatic N) is 2. The van der Waals surface area contributed by atoms with Crippen molar-refractivity contribution in [2.45, 2.75) is 53.2 Å². The maximum Gasteiger partial charge on any atom is 0.173 e. The van der Waals surface area contributed by atoms with Gasteiger partial charge in [0.25, 0.3) is 0 Å². The van der Waals surface area contributed by atoms with Crippen molar-refractivity contribution in [3.63, 3.8) is 0 Å². The molecule has 37 heavy (non-hydrogen) atoms. The first-order chi connectivity index (χ1) is 17.6. The lowest BCUT2D eigenvalue weighted by Crippen LogP contribution is -2.27. The zero-order valence-electron chi connectivity index (χ0n) is 22.4. The monoisotopic (exact) mass is 572 g/mol. The van der Waals surface area contributed by atoms with Crippen molar-refractivity contribution >= 4 is 56.0 Å². The Kier molecular flexibility index (Phi) is 6.85. The molecule has 1 heterocycles. The number of aryl methyl sites for hydroxylation is 3. The molecule has 190 valence electrons. The molecule has 0 N–H and O–H groups in total. The minimum atomic E-state index is -2.61. The van der Waals surface area contributed by atoms with E-state index in [2.05, 4.69) is 123 Å². The largest absolute Gasteiger partial charge is 0.455 e. The van der Waals surface area contributed by atoms with Gasteiger partial charge in [-0.3, -0.25) is 0 Å². The highest BCUT2D eigenvalue weighted by molar-refractivity contribution is 9.10. The minimum Gasteiger partial charge on any atom is -0.455 e.